The van der Waals surface area contributed by atoms with Crippen molar-refractivity contribution >= 4 is 11.8 Å². The Labute approximate surface area is 94.0 Å². The smallest absolute Gasteiger partial charge is 0.0742 e. The summed E-state index contributed by atoms with van der Waals surface area (Å²) in [6.07, 6.45) is 2.48. The van der Waals surface area contributed by atoms with E-state index in [9.17, 15) is 0 Å². The summed E-state index contributed by atoms with van der Waals surface area (Å²) in [5.74, 6) is 0. The predicted octanol–water partition coefficient (Wildman–Crippen LogP) is 3.83. The Kier molecular flexibility index (Phi) is 5.00. The second-order valence-corrected chi connectivity index (χ2v) is 7.02. The predicted molar refractivity (Wildman–Crippen MR) is 67.0 cm³/mol. The van der Waals surface area contributed by atoms with Crippen molar-refractivity contribution in [3.05, 3.63) is 0 Å². The minimum atomic E-state index is 0.204. The molecular weight excluding hydrogens is 192 g/mol. The molecule has 0 rings (SSSR count). The number of methoxy groups -OCH3 is 1. The van der Waals surface area contributed by atoms with E-state index in [2.05, 4.69) is 47.8 Å². The lowest BCUT2D eigenvalue weighted by atomic mass is 9.78. The fraction of sp³-hybridized carbons (Fsp3) is 1.00. The molecule has 0 aromatic rings. The molecule has 0 saturated carbocycles. The van der Waals surface area contributed by atoms with Gasteiger partial charge in [-0.3, -0.25) is 0 Å². The Balaban J connectivity index is 4.81. The highest BCUT2D eigenvalue weighted by atomic mass is 32.2. The maximum Gasteiger partial charge on any atom is 0.0742 e. The zero-order chi connectivity index (χ0) is 11.6. The van der Waals surface area contributed by atoms with Crippen LogP contribution in [0.3, 0.4) is 0 Å². The van der Waals surface area contributed by atoms with E-state index < -0.39 is 0 Å². The van der Waals surface area contributed by atoms with E-state index in [1.807, 2.05) is 18.9 Å². The van der Waals surface area contributed by atoms with Crippen molar-refractivity contribution in [3.63, 3.8) is 0 Å². The fourth-order valence-electron chi connectivity index (χ4n) is 1.86. The highest BCUT2D eigenvalue weighted by molar-refractivity contribution is 7.99. The molecule has 0 aromatic carbocycles. The zero-order valence-electron chi connectivity index (χ0n) is 11.0. The van der Waals surface area contributed by atoms with Crippen molar-refractivity contribution in [3.8, 4) is 0 Å². The molecule has 0 heterocycles. The zero-order valence-corrected chi connectivity index (χ0v) is 11.8. The summed E-state index contributed by atoms with van der Waals surface area (Å²) in [4.78, 5) is 0. The van der Waals surface area contributed by atoms with Crippen LogP contribution in [0.1, 0.15) is 41.5 Å². The topological polar surface area (TPSA) is 9.23 Å². The van der Waals surface area contributed by atoms with Gasteiger partial charge in [-0.15, -0.1) is 0 Å². The molecule has 2 atom stereocenters. The summed E-state index contributed by atoms with van der Waals surface area (Å²) in [5.41, 5.74) is 0.489. The molecular formula is C12H26OS. The third kappa shape index (κ3) is 3.82. The Bertz CT molecular complexity index is 144. The Morgan fingerprint density at radius 3 is 1.43 bits per heavy atom. The van der Waals surface area contributed by atoms with Gasteiger partial charge in [0.2, 0.25) is 0 Å². The van der Waals surface area contributed by atoms with Crippen LogP contribution in [0.5, 0.6) is 0 Å². The van der Waals surface area contributed by atoms with Crippen molar-refractivity contribution in [1.29, 1.82) is 0 Å². The fourth-order valence-corrected chi connectivity index (χ4v) is 3.34. The summed E-state index contributed by atoms with van der Waals surface area (Å²) in [6.45, 7) is 13.6. The molecule has 0 amide bonds. The van der Waals surface area contributed by atoms with Crippen LogP contribution in [0.4, 0.5) is 0 Å². The molecule has 0 saturated heterocycles. The molecule has 86 valence electrons. The normalized spacial score (nSPS) is 18.0. The molecule has 1 nitrogen and oxygen atoms in total. The molecule has 0 aliphatic heterocycles. The summed E-state index contributed by atoms with van der Waals surface area (Å²) >= 11 is 1.91. The van der Waals surface area contributed by atoms with Gasteiger partial charge < -0.3 is 4.74 Å². The number of thioether (sulfide) groups is 1. The average molecular weight is 218 g/mol. The first-order valence-electron chi connectivity index (χ1n) is 5.20. The minimum Gasteiger partial charge on any atom is -0.380 e. The molecule has 0 aliphatic rings. The quantitative estimate of drug-likeness (QED) is 0.712. The van der Waals surface area contributed by atoms with Crippen molar-refractivity contribution in [2.24, 2.45) is 10.8 Å². The van der Waals surface area contributed by atoms with Crippen LogP contribution in [-0.4, -0.2) is 24.7 Å². The number of hydrogen-bond acceptors (Lipinski definition) is 2. The number of rotatable bonds is 3. The van der Waals surface area contributed by atoms with Gasteiger partial charge in [0.25, 0.3) is 0 Å². The van der Waals surface area contributed by atoms with Crippen LogP contribution in [0.15, 0.2) is 0 Å². The minimum absolute atomic E-state index is 0.204. The van der Waals surface area contributed by atoms with Gasteiger partial charge in [0.05, 0.1) is 6.10 Å². The van der Waals surface area contributed by atoms with Crippen molar-refractivity contribution in [1.82, 2.24) is 0 Å². The van der Waals surface area contributed by atoms with Crippen molar-refractivity contribution < 1.29 is 4.74 Å². The highest BCUT2D eigenvalue weighted by Gasteiger charge is 2.38. The van der Waals surface area contributed by atoms with Crippen molar-refractivity contribution in [2.45, 2.75) is 52.9 Å². The van der Waals surface area contributed by atoms with Gasteiger partial charge in [-0.25, -0.2) is 0 Å². The molecule has 0 aliphatic carbocycles. The molecule has 0 N–H and O–H groups in total. The van der Waals surface area contributed by atoms with E-state index in [-0.39, 0.29) is 10.8 Å². The van der Waals surface area contributed by atoms with Crippen LogP contribution in [-0.2, 0) is 4.74 Å². The second kappa shape index (κ2) is 4.89. The molecule has 14 heavy (non-hydrogen) atoms. The van der Waals surface area contributed by atoms with E-state index in [0.29, 0.717) is 11.4 Å². The van der Waals surface area contributed by atoms with Crippen molar-refractivity contribution in [2.75, 3.05) is 13.4 Å². The molecule has 2 heteroatoms. The molecule has 0 aromatic heterocycles. The first-order chi connectivity index (χ1) is 6.14. The summed E-state index contributed by atoms with van der Waals surface area (Å²) in [6, 6.07) is 0. The Morgan fingerprint density at radius 1 is 0.929 bits per heavy atom. The molecule has 0 radical (unpaired) electrons. The first-order valence-corrected chi connectivity index (χ1v) is 6.49. The highest BCUT2D eigenvalue weighted by Crippen LogP contribution is 2.39. The van der Waals surface area contributed by atoms with Crippen LogP contribution in [0.25, 0.3) is 0 Å². The maximum absolute atomic E-state index is 5.67. The molecule has 2 unspecified atom stereocenters. The van der Waals surface area contributed by atoms with Gasteiger partial charge in [0.1, 0.15) is 0 Å². The lowest BCUT2D eigenvalue weighted by molar-refractivity contribution is -0.00437. The third-order valence-corrected chi connectivity index (χ3v) is 3.95. The lowest BCUT2D eigenvalue weighted by Gasteiger charge is -2.41. The van der Waals surface area contributed by atoms with Gasteiger partial charge in [0.15, 0.2) is 0 Å². The Morgan fingerprint density at radius 2 is 1.36 bits per heavy atom. The van der Waals surface area contributed by atoms with Gasteiger partial charge in [-0.1, -0.05) is 41.5 Å². The molecule has 0 spiro atoms. The second-order valence-electron chi connectivity index (χ2n) is 6.04. The molecule has 0 bridgehead atoms. The average Bonchev–Trinajstić information content (AvgIpc) is 1.94. The van der Waals surface area contributed by atoms with Crippen LogP contribution in [0, 0.1) is 10.8 Å². The number of hydrogen-bond donors (Lipinski definition) is 0. The summed E-state index contributed by atoms with van der Waals surface area (Å²) in [5, 5.41) is 0.535. The summed E-state index contributed by atoms with van der Waals surface area (Å²) < 4.78 is 5.67. The third-order valence-electron chi connectivity index (χ3n) is 2.49. The van der Waals surface area contributed by atoms with Gasteiger partial charge in [-0.2, -0.15) is 11.8 Å². The van der Waals surface area contributed by atoms with E-state index in [4.69, 9.17) is 4.74 Å². The van der Waals surface area contributed by atoms with Gasteiger partial charge in [0, 0.05) is 12.4 Å². The Hall–Kier alpha value is 0.310. The van der Waals surface area contributed by atoms with E-state index in [1.165, 1.54) is 0 Å². The van der Waals surface area contributed by atoms with E-state index in [1.54, 1.807) is 0 Å². The lowest BCUT2D eigenvalue weighted by Crippen LogP contribution is -2.44. The van der Waals surface area contributed by atoms with Crippen LogP contribution in [0.2, 0.25) is 0 Å². The largest absolute Gasteiger partial charge is 0.380 e. The van der Waals surface area contributed by atoms with Gasteiger partial charge >= 0.3 is 0 Å². The SMILES string of the molecule is COC(C(SC)C(C)(C)C)C(C)(C)C. The first kappa shape index (κ1) is 14.3. The summed E-state index contributed by atoms with van der Waals surface area (Å²) in [7, 11) is 1.82. The molecule has 0 fully saturated rings. The van der Waals surface area contributed by atoms with Crippen LogP contribution >= 0.6 is 11.8 Å². The monoisotopic (exact) mass is 218 g/mol. The van der Waals surface area contributed by atoms with E-state index in [0.717, 1.165) is 0 Å². The standard InChI is InChI=1S/C12H26OS/c1-11(2,3)9(13-7)10(14-8)12(4,5)6/h9-10H,1-8H3. The van der Waals surface area contributed by atoms with Gasteiger partial charge in [-0.05, 0) is 17.1 Å². The van der Waals surface area contributed by atoms with E-state index >= 15 is 0 Å². The maximum atomic E-state index is 5.67. The van der Waals surface area contributed by atoms with Crippen LogP contribution < -0.4 is 0 Å². The number of ether oxygens (including phenoxy) is 1.